The molecule has 0 bridgehead atoms. The van der Waals surface area contributed by atoms with E-state index in [0.717, 1.165) is 0 Å². The third kappa shape index (κ3) is 2.35. The molecule has 14 heavy (non-hydrogen) atoms. The van der Waals surface area contributed by atoms with Gasteiger partial charge in [-0.25, -0.2) is 4.79 Å². The predicted octanol–water partition coefficient (Wildman–Crippen LogP) is -0.735. The number of amides is 1. The van der Waals surface area contributed by atoms with Crippen molar-refractivity contribution in [1.29, 1.82) is 0 Å². The van der Waals surface area contributed by atoms with Crippen LogP contribution in [0.4, 0.5) is 0 Å². The van der Waals surface area contributed by atoms with Crippen LogP contribution in [0.25, 0.3) is 10.4 Å². The number of nitrogens with zero attached hydrogens (tertiary/aromatic N) is 3. The van der Waals surface area contributed by atoms with Gasteiger partial charge in [-0.15, -0.1) is 0 Å². The molecule has 1 fully saturated rings. The minimum Gasteiger partial charge on any atom is -0.480 e. The van der Waals surface area contributed by atoms with E-state index in [1.54, 1.807) is 0 Å². The largest absolute Gasteiger partial charge is 0.480 e. The number of carboxylic acid groups (broad SMARTS) is 1. The van der Waals surface area contributed by atoms with Crippen LogP contribution in [0.5, 0.6) is 0 Å². The third-order valence-corrected chi connectivity index (χ3v) is 1.68. The molecular formula is C6H8N4O4. The van der Waals surface area contributed by atoms with Crippen molar-refractivity contribution in [2.24, 2.45) is 5.11 Å². The van der Waals surface area contributed by atoms with E-state index in [1.807, 2.05) is 0 Å². The smallest absolute Gasteiger partial charge is 0.329 e. The molecule has 1 heterocycles. The summed E-state index contributed by atoms with van der Waals surface area (Å²) in [5.74, 6) is -1.46. The third-order valence-electron chi connectivity index (χ3n) is 1.68. The minimum absolute atomic E-state index is 0.0295. The summed E-state index contributed by atoms with van der Waals surface area (Å²) in [5, 5.41) is 13.9. The Morgan fingerprint density at radius 3 is 3.00 bits per heavy atom. The van der Waals surface area contributed by atoms with Crippen LogP contribution in [0.2, 0.25) is 0 Å². The Balaban J connectivity index is 2.29. The van der Waals surface area contributed by atoms with Gasteiger partial charge in [-0.05, 0) is 5.53 Å². The van der Waals surface area contributed by atoms with Gasteiger partial charge in [0.15, 0.2) is 0 Å². The number of carboxylic acids is 1. The zero-order valence-electron chi connectivity index (χ0n) is 7.08. The molecule has 1 saturated heterocycles. The fraction of sp³-hybridized carbons (Fsp3) is 0.667. The molecule has 0 aliphatic carbocycles. The molecule has 1 amide bonds. The standard InChI is InChI=1S/C6H8N4O4/c7-10-9-5-3(8-6(5)13)1-14-2-4(11)12/h3,5H,1-2H2,(H,8,13)(H,11,12)/t3-,5+/m1/s1. The summed E-state index contributed by atoms with van der Waals surface area (Å²) >= 11 is 0. The number of hydrogen-bond donors (Lipinski definition) is 2. The van der Waals surface area contributed by atoms with Crippen molar-refractivity contribution < 1.29 is 19.4 Å². The van der Waals surface area contributed by atoms with Gasteiger partial charge < -0.3 is 15.2 Å². The van der Waals surface area contributed by atoms with Crippen molar-refractivity contribution in [1.82, 2.24) is 5.32 Å². The minimum atomic E-state index is -1.09. The summed E-state index contributed by atoms with van der Waals surface area (Å²) in [6.07, 6.45) is 0. The lowest BCUT2D eigenvalue weighted by Gasteiger charge is -2.32. The van der Waals surface area contributed by atoms with Crippen molar-refractivity contribution in [2.45, 2.75) is 12.1 Å². The molecular weight excluding hydrogens is 192 g/mol. The first-order chi connectivity index (χ1) is 6.65. The zero-order valence-corrected chi connectivity index (χ0v) is 7.08. The lowest BCUT2D eigenvalue weighted by atomic mass is 10.0. The number of azide groups is 1. The van der Waals surface area contributed by atoms with E-state index in [1.165, 1.54) is 0 Å². The van der Waals surface area contributed by atoms with E-state index in [9.17, 15) is 9.59 Å². The Hall–Kier alpha value is -1.79. The first kappa shape index (κ1) is 10.3. The van der Waals surface area contributed by atoms with Crippen LogP contribution in [0.1, 0.15) is 0 Å². The number of carbonyl (C=O) groups is 2. The van der Waals surface area contributed by atoms with Crippen molar-refractivity contribution in [3.05, 3.63) is 10.4 Å². The first-order valence-electron chi connectivity index (χ1n) is 3.79. The SMILES string of the molecule is [N-]=[N+]=N[C@@H]1C(=O)N[C@@H]1COCC(=O)O. The van der Waals surface area contributed by atoms with Gasteiger partial charge >= 0.3 is 5.97 Å². The van der Waals surface area contributed by atoms with Crippen molar-refractivity contribution in [3.63, 3.8) is 0 Å². The highest BCUT2D eigenvalue weighted by Crippen LogP contribution is 2.11. The molecule has 8 heteroatoms. The molecule has 8 nitrogen and oxygen atoms in total. The molecule has 0 aromatic rings. The lowest BCUT2D eigenvalue weighted by molar-refractivity contribution is -0.143. The van der Waals surface area contributed by atoms with E-state index in [-0.39, 0.29) is 12.5 Å². The maximum atomic E-state index is 10.8. The average molecular weight is 200 g/mol. The number of rotatable bonds is 5. The molecule has 0 aromatic heterocycles. The van der Waals surface area contributed by atoms with Crippen LogP contribution in [-0.2, 0) is 14.3 Å². The highest BCUT2D eigenvalue weighted by atomic mass is 16.5. The van der Waals surface area contributed by atoms with Gasteiger partial charge in [-0.3, -0.25) is 4.79 Å². The topological polar surface area (TPSA) is 124 Å². The second-order valence-corrected chi connectivity index (χ2v) is 2.67. The Kier molecular flexibility index (Phi) is 3.27. The lowest BCUT2D eigenvalue weighted by Crippen LogP contribution is -2.63. The summed E-state index contributed by atoms with van der Waals surface area (Å²) in [5.41, 5.74) is 8.09. The van der Waals surface area contributed by atoms with E-state index in [2.05, 4.69) is 15.3 Å². The van der Waals surface area contributed by atoms with Crippen LogP contribution < -0.4 is 5.32 Å². The monoisotopic (exact) mass is 200 g/mol. The van der Waals surface area contributed by atoms with E-state index in [0.29, 0.717) is 0 Å². The van der Waals surface area contributed by atoms with Gasteiger partial charge in [0.2, 0.25) is 5.91 Å². The van der Waals surface area contributed by atoms with Crippen molar-refractivity contribution >= 4 is 11.9 Å². The summed E-state index contributed by atoms with van der Waals surface area (Å²) < 4.78 is 4.73. The van der Waals surface area contributed by atoms with Gasteiger partial charge in [0.05, 0.1) is 12.6 Å². The maximum Gasteiger partial charge on any atom is 0.329 e. The molecule has 0 spiro atoms. The van der Waals surface area contributed by atoms with Gasteiger partial charge in [-0.1, -0.05) is 5.11 Å². The first-order valence-corrected chi connectivity index (χ1v) is 3.79. The second-order valence-electron chi connectivity index (χ2n) is 2.67. The summed E-state index contributed by atoms with van der Waals surface area (Å²) in [7, 11) is 0. The van der Waals surface area contributed by atoms with Crippen LogP contribution >= 0.6 is 0 Å². The number of β-lactam (4-membered cyclic amide) rings is 1. The Morgan fingerprint density at radius 1 is 1.79 bits per heavy atom. The summed E-state index contributed by atoms with van der Waals surface area (Å²) in [4.78, 5) is 23.3. The quantitative estimate of drug-likeness (QED) is 0.262. The highest BCUT2D eigenvalue weighted by Gasteiger charge is 2.38. The van der Waals surface area contributed by atoms with Crippen LogP contribution in [0, 0.1) is 0 Å². The molecule has 1 rings (SSSR count). The Labute approximate surface area is 78.5 Å². The number of ether oxygens (including phenoxy) is 1. The number of hydrogen-bond acceptors (Lipinski definition) is 4. The molecule has 76 valence electrons. The van der Waals surface area contributed by atoms with Crippen molar-refractivity contribution in [2.75, 3.05) is 13.2 Å². The number of carbonyl (C=O) groups excluding carboxylic acids is 1. The molecule has 0 aromatic carbocycles. The van der Waals surface area contributed by atoms with Crippen LogP contribution in [0.15, 0.2) is 5.11 Å². The highest BCUT2D eigenvalue weighted by molar-refractivity contribution is 5.89. The molecule has 0 saturated carbocycles. The number of nitrogens with one attached hydrogen (secondary N) is 1. The number of aliphatic carboxylic acids is 1. The Morgan fingerprint density at radius 2 is 2.50 bits per heavy atom. The average Bonchev–Trinajstić information content (AvgIpc) is 2.12. The molecule has 1 aliphatic heterocycles. The van der Waals surface area contributed by atoms with Gasteiger partial charge in [0.25, 0.3) is 0 Å². The predicted molar refractivity (Wildman–Crippen MR) is 43.3 cm³/mol. The molecule has 0 unspecified atom stereocenters. The van der Waals surface area contributed by atoms with Crippen LogP contribution in [0.3, 0.4) is 0 Å². The Bertz CT molecular complexity index is 296. The second kappa shape index (κ2) is 4.45. The maximum absolute atomic E-state index is 10.8. The zero-order chi connectivity index (χ0) is 10.6. The van der Waals surface area contributed by atoms with E-state index >= 15 is 0 Å². The molecule has 2 N–H and O–H groups in total. The van der Waals surface area contributed by atoms with Crippen molar-refractivity contribution in [3.8, 4) is 0 Å². The molecule has 2 atom stereocenters. The van der Waals surface area contributed by atoms with Crippen LogP contribution in [-0.4, -0.2) is 42.3 Å². The fourth-order valence-corrected chi connectivity index (χ4v) is 1.03. The van der Waals surface area contributed by atoms with Gasteiger partial charge in [0.1, 0.15) is 12.6 Å². The van der Waals surface area contributed by atoms with E-state index < -0.39 is 24.7 Å². The molecule has 0 radical (unpaired) electrons. The fourth-order valence-electron chi connectivity index (χ4n) is 1.03. The van der Waals surface area contributed by atoms with E-state index in [4.69, 9.17) is 15.4 Å². The normalized spacial score (nSPS) is 24.4. The molecule has 1 aliphatic rings. The summed E-state index contributed by atoms with van der Waals surface area (Å²) in [6, 6.07) is -1.20. The van der Waals surface area contributed by atoms with Gasteiger partial charge in [0, 0.05) is 4.91 Å². The van der Waals surface area contributed by atoms with Gasteiger partial charge in [-0.2, -0.15) is 0 Å². The summed E-state index contributed by atoms with van der Waals surface area (Å²) in [6.45, 7) is -0.406.